The molecule has 1 aromatic carbocycles. The maximum absolute atomic E-state index is 12.9. The molecule has 0 saturated carbocycles. The fourth-order valence-corrected chi connectivity index (χ4v) is 3.55. The summed E-state index contributed by atoms with van der Waals surface area (Å²) in [6.45, 7) is 9.28. The van der Waals surface area contributed by atoms with E-state index < -0.39 is 0 Å². The number of nitrogens with one attached hydrogen (secondary N) is 1. The standard InChI is InChI=1S/C24H41N3O6/c1-25-23(22-6-4-3-5-7-22)24(28)27-10-8-26(9-11-27)12-13-30-16-17-32-20-21-33-19-18-31-15-14-29-2/h3-7,23,25H,8-21H2,1-2H3/t23-/m0/s1. The van der Waals surface area contributed by atoms with Crippen molar-refractivity contribution < 1.29 is 28.5 Å². The van der Waals surface area contributed by atoms with Crippen LogP contribution in [0.5, 0.6) is 0 Å². The molecule has 1 aromatic rings. The summed E-state index contributed by atoms with van der Waals surface area (Å²) in [5, 5.41) is 3.15. The Balaban J connectivity index is 1.44. The summed E-state index contributed by atoms with van der Waals surface area (Å²) in [6.07, 6.45) is 0. The summed E-state index contributed by atoms with van der Waals surface area (Å²) in [5.74, 6) is 0.138. The Morgan fingerprint density at radius 1 is 0.818 bits per heavy atom. The van der Waals surface area contributed by atoms with Crippen molar-refractivity contribution >= 4 is 5.91 Å². The third-order valence-corrected chi connectivity index (χ3v) is 5.45. The Labute approximate surface area is 198 Å². The van der Waals surface area contributed by atoms with E-state index in [0.717, 1.165) is 38.3 Å². The predicted octanol–water partition coefficient (Wildman–Crippen LogP) is 0.804. The lowest BCUT2D eigenvalue weighted by atomic mass is 10.1. The largest absolute Gasteiger partial charge is 0.382 e. The zero-order valence-corrected chi connectivity index (χ0v) is 20.2. The first-order valence-electron chi connectivity index (χ1n) is 11.8. The van der Waals surface area contributed by atoms with Crippen molar-refractivity contribution in [1.29, 1.82) is 0 Å². The summed E-state index contributed by atoms with van der Waals surface area (Å²) in [7, 11) is 3.49. The van der Waals surface area contributed by atoms with Gasteiger partial charge in [0.25, 0.3) is 0 Å². The fourth-order valence-electron chi connectivity index (χ4n) is 3.55. The Bertz CT molecular complexity index is 613. The van der Waals surface area contributed by atoms with Gasteiger partial charge in [0.1, 0.15) is 6.04 Å². The van der Waals surface area contributed by atoms with Gasteiger partial charge in [-0.25, -0.2) is 0 Å². The van der Waals surface area contributed by atoms with Gasteiger partial charge in [-0.05, 0) is 12.6 Å². The van der Waals surface area contributed by atoms with Gasteiger partial charge in [-0.2, -0.15) is 0 Å². The quantitative estimate of drug-likeness (QED) is 0.318. The van der Waals surface area contributed by atoms with Gasteiger partial charge in [0.15, 0.2) is 0 Å². The van der Waals surface area contributed by atoms with E-state index in [1.165, 1.54) is 0 Å². The van der Waals surface area contributed by atoms with Crippen molar-refractivity contribution in [3.63, 3.8) is 0 Å². The predicted molar refractivity (Wildman–Crippen MR) is 126 cm³/mol. The molecule has 1 amide bonds. The Hall–Kier alpha value is -1.59. The average molecular weight is 468 g/mol. The number of carbonyl (C=O) groups is 1. The number of methoxy groups -OCH3 is 1. The molecule has 1 heterocycles. The second-order valence-electron chi connectivity index (χ2n) is 7.74. The molecule has 2 rings (SSSR count). The number of benzene rings is 1. The smallest absolute Gasteiger partial charge is 0.244 e. The minimum atomic E-state index is -0.291. The van der Waals surface area contributed by atoms with Crippen LogP contribution in [-0.4, -0.2) is 122 Å². The number of hydrogen-bond donors (Lipinski definition) is 1. The number of piperazine rings is 1. The van der Waals surface area contributed by atoms with Gasteiger partial charge >= 0.3 is 0 Å². The summed E-state index contributed by atoms with van der Waals surface area (Å²) >= 11 is 0. The first kappa shape index (κ1) is 27.7. The van der Waals surface area contributed by atoms with Gasteiger partial charge in [-0.3, -0.25) is 9.69 Å². The van der Waals surface area contributed by atoms with Crippen molar-refractivity contribution in [2.24, 2.45) is 0 Å². The van der Waals surface area contributed by atoms with Crippen LogP contribution in [0.15, 0.2) is 30.3 Å². The van der Waals surface area contributed by atoms with E-state index in [4.69, 9.17) is 23.7 Å². The van der Waals surface area contributed by atoms with E-state index in [-0.39, 0.29) is 11.9 Å². The third kappa shape index (κ3) is 11.4. The van der Waals surface area contributed by atoms with E-state index >= 15 is 0 Å². The molecule has 188 valence electrons. The Kier molecular flexibility index (Phi) is 14.9. The molecule has 1 atom stereocenters. The van der Waals surface area contributed by atoms with Crippen LogP contribution >= 0.6 is 0 Å². The van der Waals surface area contributed by atoms with Gasteiger partial charge in [0.2, 0.25) is 5.91 Å². The molecule has 0 aliphatic carbocycles. The van der Waals surface area contributed by atoms with Crippen molar-refractivity contribution in [3.8, 4) is 0 Å². The topological polar surface area (TPSA) is 81.7 Å². The van der Waals surface area contributed by atoms with Crippen LogP contribution in [0, 0.1) is 0 Å². The molecule has 0 unspecified atom stereocenters. The molecule has 0 radical (unpaired) electrons. The summed E-state index contributed by atoms with van der Waals surface area (Å²) in [6, 6.07) is 9.58. The first-order valence-corrected chi connectivity index (χ1v) is 11.8. The van der Waals surface area contributed by atoms with E-state index in [0.29, 0.717) is 59.5 Å². The van der Waals surface area contributed by atoms with Crippen molar-refractivity contribution in [1.82, 2.24) is 15.1 Å². The Morgan fingerprint density at radius 2 is 1.33 bits per heavy atom. The lowest BCUT2D eigenvalue weighted by Gasteiger charge is -2.36. The van der Waals surface area contributed by atoms with Crippen LogP contribution in [0.4, 0.5) is 0 Å². The molecular weight excluding hydrogens is 426 g/mol. The maximum Gasteiger partial charge on any atom is 0.244 e. The minimum Gasteiger partial charge on any atom is -0.382 e. The van der Waals surface area contributed by atoms with Gasteiger partial charge in [0, 0.05) is 39.8 Å². The molecule has 0 spiro atoms. The number of hydrogen-bond acceptors (Lipinski definition) is 8. The van der Waals surface area contributed by atoms with Crippen LogP contribution < -0.4 is 5.32 Å². The molecule has 9 nitrogen and oxygen atoms in total. The zero-order valence-electron chi connectivity index (χ0n) is 20.2. The van der Waals surface area contributed by atoms with Gasteiger partial charge in [0.05, 0.1) is 59.5 Å². The zero-order chi connectivity index (χ0) is 23.6. The normalized spacial score (nSPS) is 15.6. The fraction of sp³-hybridized carbons (Fsp3) is 0.708. The SMILES string of the molecule is CN[C@H](C(=O)N1CCN(CCOCCOCCOCCOCCOC)CC1)c1ccccc1. The summed E-state index contributed by atoms with van der Waals surface area (Å²) in [5.41, 5.74) is 1.00. The molecule has 1 N–H and O–H groups in total. The highest BCUT2D eigenvalue weighted by molar-refractivity contribution is 5.83. The lowest BCUT2D eigenvalue weighted by molar-refractivity contribution is -0.135. The van der Waals surface area contributed by atoms with Crippen LogP contribution in [-0.2, 0) is 28.5 Å². The maximum atomic E-state index is 12.9. The van der Waals surface area contributed by atoms with E-state index in [2.05, 4.69) is 10.2 Å². The summed E-state index contributed by atoms with van der Waals surface area (Å²) < 4.78 is 26.8. The van der Waals surface area contributed by atoms with E-state index in [9.17, 15) is 4.79 Å². The minimum absolute atomic E-state index is 0.138. The molecule has 0 aromatic heterocycles. The number of carbonyl (C=O) groups excluding carboxylic acids is 1. The second kappa shape index (κ2) is 17.8. The molecule has 0 bridgehead atoms. The molecule has 33 heavy (non-hydrogen) atoms. The summed E-state index contributed by atoms with van der Waals surface area (Å²) in [4.78, 5) is 17.2. The van der Waals surface area contributed by atoms with Crippen LogP contribution in [0.2, 0.25) is 0 Å². The second-order valence-corrected chi connectivity index (χ2v) is 7.74. The third-order valence-electron chi connectivity index (χ3n) is 5.45. The van der Waals surface area contributed by atoms with Gasteiger partial charge in [-0.15, -0.1) is 0 Å². The van der Waals surface area contributed by atoms with Crippen molar-refractivity contribution in [2.45, 2.75) is 6.04 Å². The first-order chi connectivity index (χ1) is 16.3. The number of likely N-dealkylation sites (N-methyl/N-ethyl adjacent to an activating group) is 1. The van der Waals surface area contributed by atoms with Crippen molar-refractivity contribution in [2.75, 3.05) is 106 Å². The van der Waals surface area contributed by atoms with Crippen LogP contribution in [0.25, 0.3) is 0 Å². The van der Waals surface area contributed by atoms with Gasteiger partial charge < -0.3 is 33.9 Å². The number of rotatable bonds is 18. The van der Waals surface area contributed by atoms with E-state index in [1.807, 2.05) is 42.3 Å². The molecule has 9 heteroatoms. The highest BCUT2D eigenvalue weighted by Crippen LogP contribution is 2.16. The number of amides is 1. The van der Waals surface area contributed by atoms with Crippen molar-refractivity contribution in [3.05, 3.63) is 35.9 Å². The van der Waals surface area contributed by atoms with Crippen LogP contribution in [0.1, 0.15) is 11.6 Å². The number of ether oxygens (including phenoxy) is 5. The molecule has 1 aliphatic rings. The molecule has 1 saturated heterocycles. The Morgan fingerprint density at radius 3 is 1.85 bits per heavy atom. The molecule has 1 aliphatic heterocycles. The lowest BCUT2D eigenvalue weighted by Crippen LogP contribution is -2.51. The highest BCUT2D eigenvalue weighted by Gasteiger charge is 2.27. The monoisotopic (exact) mass is 467 g/mol. The van der Waals surface area contributed by atoms with E-state index in [1.54, 1.807) is 7.11 Å². The van der Waals surface area contributed by atoms with Gasteiger partial charge in [-0.1, -0.05) is 30.3 Å². The number of nitrogens with zero attached hydrogens (tertiary/aromatic N) is 2. The molecular formula is C24H41N3O6. The average Bonchev–Trinajstić information content (AvgIpc) is 2.85. The van der Waals surface area contributed by atoms with Crippen LogP contribution in [0.3, 0.4) is 0 Å². The molecule has 1 fully saturated rings. The highest BCUT2D eigenvalue weighted by atomic mass is 16.6.